The van der Waals surface area contributed by atoms with E-state index in [2.05, 4.69) is 27.1 Å². The first-order valence-corrected chi connectivity index (χ1v) is 13.1. The van der Waals surface area contributed by atoms with Gasteiger partial charge in [-0.05, 0) is 56.6 Å². The van der Waals surface area contributed by atoms with E-state index in [-0.39, 0.29) is 17.4 Å². The normalized spacial score (nSPS) is 25.0. The van der Waals surface area contributed by atoms with Crippen LogP contribution in [0.5, 0.6) is 0 Å². The molecule has 9 nitrogen and oxygen atoms in total. The summed E-state index contributed by atoms with van der Waals surface area (Å²) in [7, 11) is 0. The largest absolute Gasteiger partial charge is 0.382 e. The fraction of sp³-hybridized carbons (Fsp3) is 0.296. The number of likely N-dealkylation sites (tertiary alicyclic amines) is 1. The zero-order valence-corrected chi connectivity index (χ0v) is 20.9. The molecule has 3 aromatic heterocycles. The molecule has 3 unspecified atom stereocenters. The van der Waals surface area contributed by atoms with Crippen molar-refractivity contribution in [3.8, 4) is 23.1 Å². The standard InChI is InChI=1S/C27H23N7O2S/c1-2-3-19(35)34-26-10-8-18(26)9-11-27(26,34)24-31-20(21-22(28)29-12-14-33(21)24)16-4-6-17(7-5-16)23(36)32-25-30-13-15-37-25/h4-7,12-15,18H,8-11H2,1H3,(H2,28,29)(H,30,32,36). The number of hydrogen-bond acceptors (Lipinski definition) is 7. The predicted molar refractivity (Wildman–Crippen MR) is 140 cm³/mol. The van der Waals surface area contributed by atoms with Crippen molar-refractivity contribution in [2.24, 2.45) is 5.92 Å². The van der Waals surface area contributed by atoms with E-state index >= 15 is 0 Å². The molecular weight excluding hydrogens is 486 g/mol. The molecule has 3 aliphatic rings. The van der Waals surface area contributed by atoms with Gasteiger partial charge < -0.3 is 10.6 Å². The molecule has 0 bridgehead atoms. The number of amides is 2. The Hall–Kier alpha value is -4.23. The Morgan fingerprint density at radius 3 is 2.68 bits per heavy atom. The first-order chi connectivity index (χ1) is 18.0. The van der Waals surface area contributed by atoms with Gasteiger partial charge in [-0.1, -0.05) is 18.1 Å². The molecule has 37 heavy (non-hydrogen) atoms. The molecule has 4 aromatic rings. The van der Waals surface area contributed by atoms with Crippen LogP contribution in [0, 0.1) is 17.8 Å². The number of imidazole rings is 1. The van der Waals surface area contributed by atoms with E-state index in [0.29, 0.717) is 33.6 Å². The number of thiazole rings is 1. The van der Waals surface area contributed by atoms with Gasteiger partial charge in [0.1, 0.15) is 28.4 Å². The molecule has 3 fully saturated rings. The lowest BCUT2D eigenvalue weighted by molar-refractivity contribution is -0.124. The summed E-state index contributed by atoms with van der Waals surface area (Å²) < 4.78 is 2.00. The van der Waals surface area contributed by atoms with Crippen LogP contribution in [-0.2, 0) is 10.3 Å². The van der Waals surface area contributed by atoms with Gasteiger partial charge in [0.2, 0.25) is 0 Å². The van der Waals surface area contributed by atoms with Crippen LogP contribution in [0.25, 0.3) is 16.8 Å². The molecule has 2 saturated carbocycles. The van der Waals surface area contributed by atoms with Gasteiger partial charge in [0, 0.05) is 35.1 Å². The topological polar surface area (TPSA) is 118 Å². The van der Waals surface area contributed by atoms with E-state index < -0.39 is 5.54 Å². The highest BCUT2D eigenvalue weighted by molar-refractivity contribution is 7.13. The summed E-state index contributed by atoms with van der Waals surface area (Å²) in [5.41, 5.74) is 8.40. The molecule has 10 heteroatoms. The lowest BCUT2D eigenvalue weighted by Crippen LogP contribution is -2.39. The summed E-state index contributed by atoms with van der Waals surface area (Å²) in [6, 6.07) is 7.25. The van der Waals surface area contributed by atoms with Gasteiger partial charge in [0.15, 0.2) is 5.13 Å². The van der Waals surface area contributed by atoms with Crippen LogP contribution < -0.4 is 11.1 Å². The highest BCUT2D eigenvalue weighted by Crippen LogP contribution is 2.77. The number of anilines is 2. The van der Waals surface area contributed by atoms with Crippen LogP contribution in [0.2, 0.25) is 0 Å². The zero-order chi connectivity index (χ0) is 25.4. The number of benzene rings is 1. The SMILES string of the molecule is CC#CC(=O)N1C2(c3nc(-c4ccc(C(=O)Nc5nccs5)cc4)c4c(N)nccn34)CCC3CCC312. The fourth-order valence-corrected chi connectivity index (χ4v) is 7.27. The zero-order valence-electron chi connectivity index (χ0n) is 20.1. The third-order valence-electron chi connectivity index (χ3n) is 8.31. The maximum Gasteiger partial charge on any atom is 0.299 e. The Kier molecular flexibility index (Phi) is 4.54. The Balaban J connectivity index is 1.32. The Morgan fingerprint density at radius 2 is 1.97 bits per heavy atom. The summed E-state index contributed by atoms with van der Waals surface area (Å²) in [6.07, 6.45) is 9.18. The van der Waals surface area contributed by atoms with Crippen LogP contribution in [0.15, 0.2) is 48.2 Å². The van der Waals surface area contributed by atoms with E-state index in [1.165, 1.54) is 11.3 Å². The summed E-state index contributed by atoms with van der Waals surface area (Å²) in [4.78, 5) is 41.3. The number of carbonyl (C=O) groups is 2. The molecule has 184 valence electrons. The number of piperidine rings is 1. The number of fused-ring (bicyclic) bond motifs is 1. The summed E-state index contributed by atoms with van der Waals surface area (Å²) in [6.45, 7) is 1.69. The second-order valence-corrected chi connectivity index (χ2v) is 10.7. The monoisotopic (exact) mass is 509 g/mol. The smallest absolute Gasteiger partial charge is 0.299 e. The third kappa shape index (κ3) is 2.77. The quantitative estimate of drug-likeness (QED) is 0.320. The first kappa shape index (κ1) is 22.0. The van der Waals surface area contributed by atoms with Gasteiger partial charge in [-0.25, -0.2) is 15.0 Å². The number of rotatable bonds is 4. The highest BCUT2D eigenvalue weighted by atomic mass is 32.1. The number of hydrogen-bond donors (Lipinski definition) is 2. The fourth-order valence-electron chi connectivity index (χ4n) is 6.75. The van der Waals surface area contributed by atoms with Crippen molar-refractivity contribution in [3.05, 3.63) is 59.6 Å². The van der Waals surface area contributed by atoms with Gasteiger partial charge in [-0.3, -0.25) is 19.3 Å². The van der Waals surface area contributed by atoms with Crippen molar-refractivity contribution >= 4 is 39.6 Å². The molecule has 1 aliphatic heterocycles. The molecule has 1 aromatic carbocycles. The number of nitrogen functional groups attached to an aromatic ring is 1. The summed E-state index contributed by atoms with van der Waals surface area (Å²) in [5, 5.41) is 5.15. The lowest BCUT2D eigenvalue weighted by Gasteiger charge is -2.34. The van der Waals surface area contributed by atoms with Crippen LogP contribution in [0.4, 0.5) is 10.9 Å². The number of aromatic nitrogens is 4. The molecule has 1 spiro atoms. The number of nitrogens with two attached hydrogens (primary N) is 1. The molecule has 1 saturated heterocycles. The minimum atomic E-state index is -0.487. The van der Waals surface area contributed by atoms with Crippen molar-refractivity contribution in [1.82, 2.24) is 24.3 Å². The Bertz CT molecular complexity index is 1650. The molecule has 3 N–H and O–H groups in total. The third-order valence-corrected chi connectivity index (χ3v) is 9.00. The van der Waals surface area contributed by atoms with Gasteiger partial charge in [0.05, 0.1) is 5.54 Å². The molecule has 0 radical (unpaired) electrons. The van der Waals surface area contributed by atoms with Gasteiger partial charge in [0.25, 0.3) is 11.8 Å². The average Bonchev–Trinajstić information content (AvgIpc) is 3.22. The average molecular weight is 510 g/mol. The Labute approximate surface area is 216 Å². The van der Waals surface area contributed by atoms with Crippen molar-refractivity contribution in [3.63, 3.8) is 0 Å². The molecule has 3 atom stereocenters. The van der Waals surface area contributed by atoms with E-state index in [1.54, 1.807) is 31.5 Å². The second-order valence-electron chi connectivity index (χ2n) is 9.76. The van der Waals surface area contributed by atoms with Crippen molar-refractivity contribution in [2.45, 2.75) is 43.7 Å². The number of nitrogens with zero attached hydrogens (tertiary/aromatic N) is 5. The predicted octanol–water partition coefficient (Wildman–Crippen LogP) is 3.69. The van der Waals surface area contributed by atoms with E-state index in [0.717, 1.165) is 37.1 Å². The van der Waals surface area contributed by atoms with E-state index in [1.807, 2.05) is 33.0 Å². The number of carbonyl (C=O) groups excluding carboxylic acids is 2. The molecule has 7 rings (SSSR count). The van der Waals surface area contributed by atoms with E-state index in [4.69, 9.17) is 10.7 Å². The first-order valence-electron chi connectivity index (χ1n) is 12.2. The molecule has 2 amide bonds. The lowest BCUT2D eigenvalue weighted by atomic mass is 9.71. The minimum absolute atomic E-state index is 0.136. The highest BCUT2D eigenvalue weighted by Gasteiger charge is 2.87. The molecule has 2 aliphatic carbocycles. The van der Waals surface area contributed by atoms with Gasteiger partial charge >= 0.3 is 0 Å². The minimum Gasteiger partial charge on any atom is -0.382 e. The maximum atomic E-state index is 13.1. The van der Waals surface area contributed by atoms with Crippen LogP contribution in [0.3, 0.4) is 0 Å². The summed E-state index contributed by atoms with van der Waals surface area (Å²) in [5.74, 6) is 6.82. The number of nitrogens with one attached hydrogen (secondary N) is 1. The van der Waals surface area contributed by atoms with Crippen LogP contribution in [-0.4, -0.2) is 41.6 Å². The summed E-state index contributed by atoms with van der Waals surface area (Å²) >= 11 is 1.36. The van der Waals surface area contributed by atoms with Gasteiger partial charge in [-0.15, -0.1) is 11.3 Å². The molecular formula is C27H23N7O2S. The Morgan fingerprint density at radius 1 is 1.16 bits per heavy atom. The second kappa shape index (κ2) is 7.63. The van der Waals surface area contributed by atoms with Crippen LogP contribution >= 0.6 is 11.3 Å². The van der Waals surface area contributed by atoms with E-state index in [9.17, 15) is 9.59 Å². The van der Waals surface area contributed by atoms with Gasteiger partial charge in [-0.2, -0.15) is 0 Å². The molecule has 4 heterocycles. The van der Waals surface area contributed by atoms with Crippen molar-refractivity contribution in [1.29, 1.82) is 0 Å². The van der Waals surface area contributed by atoms with Crippen molar-refractivity contribution in [2.75, 3.05) is 11.1 Å². The maximum absolute atomic E-state index is 13.1. The van der Waals surface area contributed by atoms with Crippen molar-refractivity contribution < 1.29 is 9.59 Å². The van der Waals surface area contributed by atoms with Crippen LogP contribution in [0.1, 0.15) is 48.8 Å².